The Kier molecular flexibility index (Phi) is 2.78. The summed E-state index contributed by atoms with van der Waals surface area (Å²) in [7, 11) is 0. The second kappa shape index (κ2) is 3.64. The Balaban J connectivity index is 2.81. The molecule has 1 nitrogen and oxygen atoms in total. The van der Waals surface area contributed by atoms with Crippen molar-refractivity contribution >= 4 is 24.2 Å². The zero-order chi connectivity index (χ0) is 7.40. The Bertz CT molecular complexity index is 215. The predicted molar refractivity (Wildman–Crippen MR) is 43.6 cm³/mol. The van der Waals surface area contributed by atoms with Crippen LogP contribution in [0.2, 0.25) is 0 Å². The number of para-hydroxylation sites is 1. The van der Waals surface area contributed by atoms with Gasteiger partial charge in [0.2, 0.25) is 0 Å². The van der Waals surface area contributed by atoms with Gasteiger partial charge in [0.1, 0.15) is 5.75 Å². The molecule has 1 aromatic carbocycles. The van der Waals surface area contributed by atoms with Gasteiger partial charge in [0.05, 0.1) is 4.90 Å². The van der Waals surface area contributed by atoms with Crippen molar-refractivity contribution < 1.29 is 4.74 Å². The van der Waals surface area contributed by atoms with Crippen LogP contribution < -0.4 is 4.74 Å². The first-order chi connectivity index (χ1) is 4.84. The lowest BCUT2D eigenvalue weighted by Crippen LogP contribution is -1.88. The number of hydrogen-bond donors (Lipinski definition) is 0. The quantitative estimate of drug-likeness (QED) is 0.625. The number of alkyl halides is 1. The minimum atomic E-state index is 0.146. The average molecular weight is 174 g/mol. The van der Waals surface area contributed by atoms with Gasteiger partial charge in [-0.05, 0) is 12.1 Å². The second-order valence-corrected chi connectivity index (χ2v) is 2.36. The van der Waals surface area contributed by atoms with E-state index in [0.717, 1.165) is 0 Å². The highest BCUT2D eigenvalue weighted by Crippen LogP contribution is 2.21. The van der Waals surface area contributed by atoms with Crippen molar-refractivity contribution in [2.45, 2.75) is 4.90 Å². The van der Waals surface area contributed by atoms with Crippen LogP contribution in [0.5, 0.6) is 5.75 Å². The molecule has 0 spiro atoms. The van der Waals surface area contributed by atoms with Crippen LogP contribution in [0.4, 0.5) is 0 Å². The number of halogens is 1. The van der Waals surface area contributed by atoms with Crippen molar-refractivity contribution in [1.82, 2.24) is 0 Å². The Morgan fingerprint density at radius 3 is 2.70 bits per heavy atom. The number of ether oxygens (including phenoxy) is 1. The van der Waals surface area contributed by atoms with E-state index in [1.54, 1.807) is 12.1 Å². The van der Waals surface area contributed by atoms with E-state index in [4.69, 9.17) is 29.0 Å². The number of hydrogen-bond acceptors (Lipinski definition) is 1. The maximum Gasteiger partial charge on any atom is 0.162 e. The van der Waals surface area contributed by atoms with E-state index >= 15 is 0 Å². The summed E-state index contributed by atoms with van der Waals surface area (Å²) in [6.07, 6.45) is 0. The summed E-state index contributed by atoms with van der Waals surface area (Å²) in [6.45, 7) is 0. The minimum absolute atomic E-state index is 0.146. The molecular weight excluding hydrogens is 168 g/mol. The molecule has 1 rings (SSSR count). The van der Waals surface area contributed by atoms with Crippen molar-refractivity contribution in [1.29, 1.82) is 0 Å². The van der Waals surface area contributed by atoms with Gasteiger partial charge in [-0.25, -0.2) is 0 Å². The Labute approximate surface area is 70.4 Å². The van der Waals surface area contributed by atoms with E-state index < -0.39 is 0 Å². The Hall–Kier alpha value is -0.470. The van der Waals surface area contributed by atoms with Gasteiger partial charge in [0, 0.05) is 0 Å². The molecule has 0 bridgehead atoms. The molecule has 0 unspecified atom stereocenters. The zero-order valence-corrected chi connectivity index (χ0v) is 6.78. The Morgan fingerprint density at radius 2 is 2.10 bits per heavy atom. The van der Waals surface area contributed by atoms with E-state index in [-0.39, 0.29) is 6.07 Å². The third-order valence-electron chi connectivity index (χ3n) is 1.06. The van der Waals surface area contributed by atoms with Crippen LogP contribution >= 0.6 is 24.2 Å². The molecule has 0 atom stereocenters. The second-order valence-electron chi connectivity index (χ2n) is 1.70. The van der Waals surface area contributed by atoms with Crippen molar-refractivity contribution in [2.75, 3.05) is 6.07 Å². The molecule has 0 saturated heterocycles. The van der Waals surface area contributed by atoms with Gasteiger partial charge in [-0.15, -0.1) is 0 Å². The lowest BCUT2D eigenvalue weighted by molar-refractivity contribution is 0.379. The fraction of sp³-hybridized carbons (Fsp3) is 0.143. The van der Waals surface area contributed by atoms with Gasteiger partial charge in [0.15, 0.2) is 6.07 Å². The highest BCUT2D eigenvalue weighted by molar-refractivity contribution is 7.80. The lowest BCUT2D eigenvalue weighted by atomic mass is 10.3. The first-order valence-electron chi connectivity index (χ1n) is 2.79. The van der Waals surface area contributed by atoms with Gasteiger partial charge >= 0.3 is 0 Å². The minimum Gasteiger partial charge on any atom is -0.476 e. The first kappa shape index (κ1) is 7.63. The summed E-state index contributed by atoms with van der Waals surface area (Å²) in [4.78, 5) is 0.697. The molecule has 0 fully saturated rings. The van der Waals surface area contributed by atoms with Gasteiger partial charge in [-0.1, -0.05) is 36.4 Å². The van der Waals surface area contributed by atoms with E-state index in [9.17, 15) is 0 Å². The normalized spacial score (nSPS) is 9.30. The van der Waals surface area contributed by atoms with Crippen LogP contribution in [0.1, 0.15) is 0 Å². The van der Waals surface area contributed by atoms with Crippen molar-refractivity contribution in [3.05, 3.63) is 24.3 Å². The maximum atomic E-state index is 5.34. The lowest BCUT2D eigenvalue weighted by Gasteiger charge is -2.01. The van der Waals surface area contributed by atoms with Gasteiger partial charge in [0.25, 0.3) is 0 Å². The third kappa shape index (κ3) is 1.75. The largest absolute Gasteiger partial charge is 0.476 e. The van der Waals surface area contributed by atoms with Crippen LogP contribution in [0.3, 0.4) is 0 Å². The average Bonchev–Trinajstić information content (AvgIpc) is 1.94. The molecule has 10 heavy (non-hydrogen) atoms. The molecule has 0 aliphatic rings. The molecular formula is C7H6ClOS. The number of rotatable bonds is 2. The Morgan fingerprint density at radius 1 is 1.40 bits per heavy atom. The molecule has 0 aromatic heterocycles. The molecule has 0 amide bonds. The van der Waals surface area contributed by atoms with Gasteiger partial charge < -0.3 is 4.74 Å². The monoisotopic (exact) mass is 173 g/mol. The molecule has 3 heteroatoms. The molecule has 0 heterocycles. The zero-order valence-electron chi connectivity index (χ0n) is 5.21. The fourth-order valence-corrected chi connectivity index (χ4v) is 0.951. The topological polar surface area (TPSA) is 9.23 Å². The van der Waals surface area contributed by atoms with Gasteiger partial charge in [-0.2, -0.15) is 0 Å². The standard InChI is InChI=1S/C7H6ClOS/c8-5-9-6-3-1-2-4-7(6)10/h1-4H,5H2. The fourth-order valence-electron chi connectivity index (χ4n) is 0.628. The highest BCUT2D eigenvalue weighted by atomic mass is 35.5. The molecule has 0 saturated carbocycles. The van der Waals surface area contributed by atoms with E-state index in [1.165, 1.54) is 0 Å². The smallest absolute Gasteiger partial charge is 0.162 e. The first-order valence-corrected chi connectivity index (χ1v) is 3.73. The highest BCUT2D eigenvalue weighted by Gasteiger charge is 1.95. The summed E-state index contributed by atoms with van der Waals surface area (Å²) in [5.41, 5.74) is 0. The molecule has 1 aromatic rings. The summed E-state index contributed by atoms with van der Waals surface area (Å²) in [5.74, 6) is 0.674. The maximum absolute atomic E-state index is 5.34. The third-order valence-corrected chi connectivity index (χ3v) is 1.51. The van der Waals surface area contributed by atoms with E-state index in [0.29, 0.717) is 10.6 Å². The van der Waals surface area contributed by atoms with E-state index in [2.05, 4.69) is 0 Å². The SMILES string of the molecule is [S]c1ccccc1OCCl. The molecule has 0 aliphatic heterocycles. The van der Waals surface area contributed by atoms with E-state index in [1.807, 2.05) is 12.1 Å². The summed E-state index contributed by atoms with van der Waals surface area (Å²) in [6, 6.07) is 7.47. The number of benzene rings is 1. The molecule has 0 N–H and O–H groups in total. The van der Waals surface area contributed by atoms with Crippen LogP contribution in [-0.4, -0.2) is 6.07 Å². The summed E-state index contributed by atoms with van der Waals surface area (Å²) < 4.78 is 5.00. The summed E-state index contributed by atoms with van der Waals surface area (Å²) >= 11 is 10.3. The van der Waals surface area contributed by atoms with Crippen LogP contribution in [0, 0.1) is 0 Å². The van der Waals surface area contributed by atoms with Crippen LogP contribution in [-0.2, 0) is 0 Å². The van der Waals surface area contributed by atoms with Crippen molar-refractivity contribution in [3.8, 4) is 5.75 Å². The van der Waals surface area contributed by atoms with Gasteiger partial charge in [-0.3, -0.25) is 0 Å². The van der Waals surface area contributed by atoms with Crippen molar-refractivity contribution in [3.63, 3.8) is 0 Å². The predicted octanol–water partition coefficient (Wildman–Crippen LogP) is 2.82. The molecule has 53 valence electrons. The van der Waals surface area contributed by atoms with Crippen molar-refractivity contribution in [2.24, 2.45) is 0 Å². The summed E-state index contributed by atoms with van der Waals surface area (Å²) in [5, 5.41) is 0. The molecule has 0 aliphatic carbocycles. The van der Waals surface area contributed by atoms with Crippen LogP contribution in [0.15, 0.2) is 29.2 Å². The molecule has 1 radical (unpaired) electrons. The van der Waals surface area contributed by atoms with Crippen LogP contribution in [0.25, 0.3) is 0 Å².